The molecule has 1 unspecified atom stereocenters. The average Bonchev–Trinajstić information content (AvgIpc) is 2.64. The molecule has 0 spiro atoms. The van der Waals surface area contributed by atoms with E-state index in [2.05, 4.69) is 5.32 Å². The second-order valence-electron chi connectivity index (χ2n) is 9.57. The molecule has 0 saturated carbocycles. The van der Waals surface area contributed by atoms with Gasteiger partial charge in [-0.3, -0.25) is 14.4 Å². The number of benzene rings is 1. The third-order valence-electron chi connectivity index (χ3n) is 4.35. The van der Waals surface area contributed by atoms with Crippen molar-refractivity contribution in [3.63, 3.8) is 0 Å². The summed E-state index contributed by atoms with van der Waals surface area (Å²) in [4.78, 5) is 51.7. The highest BCUT2D eigenvalue weighted by Gasteiger charge is 2.49. The van der Waals surface area contributed by atoms with Crippen molar-refractivity contribution in [2.24, 2.45) is 0 Å². The normalized spacial score (nSPS) is 18.6. The number of carbonyl (C=O) groups excluding carboxylic acids is 4. The molecule has 1 fully saturated rings. The van der Waals surface area contributed by atoms with Crippen LogP contribution in [0.3, 0.4) is 0 Å². The number of alkyl carbamates (subject to hydrolysis) is 1. The van der Waals surface area contributed by atoms with Crippen LogP contribution in [0.5, 0.6) is 0 Å². The van der Waals surface area contributed by atoms with Crippen LogP contribution in [0.1, 0.15) is 54.4 Å². The van der Waals surface area contributed by atoms with Crippen LogP contribution in [0, 0.1) is 0 Å². The first-order valence-electron chi connectivity index (χ1n) is 10.5. The van der Waals surface area contributed by atoms with Crippen molar-refractivity contribution < 1.29 is 28.7 Å². The van der Waals surface area contributed by atoms with Crippen LogP contribution >= 0.6 is 11.8 Å². The van der Waals surface area contributed by atoms with E-state index in [4.69, 9.17) is 9.47 Å². The summed E-state index contributed by atoms with van der Waals surface area (Å²) in [6, 6.07) is 7.89. The van der Waals surface area contributed by atoms with Crippen LogP contribution in [0.15, 0.2) is 35.2 Å². The van der Waals surface area contributed by atoms with Crippen molar-refractivity contribution in [1.82, 2.24) is 10.2 Å². The SMILES string of the molecule is CC(C)(C)OC(=O)CN1C(=O)C(NC(=O)OC(C)(C)C)[C@H]1CCC(=O)Sc1ccccc1. The zero-order chi connectivity index (χ0) is 24.1. The second kappa shape index (κ2) is 10.4. The summed E-state index contributed by atoms with van der Waals surface area (Å²) in [6.45, 7) is 10.2. The highest BCUT2D eigenvalue weighted by Crippen LogP contribution is 2.28. The molecule has 1 aliphatic heterocycles. The molecular weight excluding hydrogens is 432 g/mol. The van der Waals surface area contributed by atoms with Gasteiger partial charge >= 0.3 is 12.1 Å². The molecule has 8 nitrogen and oxygen atoms in total. The minimum atomic E-state index is -0.859. The van der Waals surface area contributed by atoms with Gasteiger partial charge in [-0.2, -0.15) is 0 Å². The largest absolute Gasteiger partial charge is 0.459 e. The number of ether oxygens (including phenoxy) is 2. The van der Waals surface area contributed by atoms with Gasteiger partial charge in [0.2, 0.25) is 5.91 Å². The third-order valence-corrected chi connectivity index (χ3v) is 5.28. The third kappa shape index (κ3) is 8.18. The van der Waals surface area contributed by atoms with E-state index in [1.165, 1.54) is 4.90 Å². The number of nitrogens with one attached hydrogen (secondary N) is 1. The van der Waals surface area contributed by atoms with E-state index < -0.39 is 41.3 Å². The van der Waals surface area contributed by atoms with Crippen LogP contribution in [0.4, 0.5) is 4.79 Å². The summed E-state index contributed by atoms with van der Waals surface area (Å²) in [6.07, 6.45) is -0.245. The Balaban J connectivity index is 2.03. The molecule has 2 amide bonds. The zero-order valence-corrected chi connectivity index (χ0v) is 20.3. The monoisotopic (exact) mass is 464 g/mol. The van der Waals surface area contributed by atoms with Crippen molar-refractivity contribution in [3.8, 4) is 0 Å². The molecule has 2 atom stereocenters. The molecule has 1 N–H and O–H groups in total. The summed E-state index contributed by atoms with van der Waals surface area (Å²) in [5, 5.41) is 2.51. The van der Waals surface area contributed by atoms with Gasteiger partial charge in [0.15, 0.2) is 5.12 Å². The van der Waals surface area contributed by atoms with E-state index in [1.54, 1.807) is 41.5 Å². The van der Waals surface area contributed by atoms with Crippen molar-refractivity contribution in [2.45, 2.75) is 82.6 Å². The highest BCUT2D eigenvalue weighted by atomic mass is 32.2. The fourth-order valence-corrected chi connectivity index (χ4v) is 3.94. The lowest BCUT2D eigenvalue weighted by atomic mass is 9.91. The highest BCUT2D eigenvalue weighted by molar-refractivity contribution is 8.13. The minimum Gasteiger partial charge on any atom is -0.459 e. The first kappa shape index (κ1) is 25.7. The molecule has 32 heavy (non-hydrogen) atoms. The Morgan fingerprint density at radius 3 is 2.16 bits per heavy atom. The number of rotatable bonds is 7. The number of amides is 2. The van der Waals surface area contributed by atoms with Gasteiger partial charge in [0.05, 0.1) is 6.04 Å². The van der Waals surface area contributed by atoms with Crippen LogP contribution < -0.4 is 5.32 Å². The molecule has 1 aromatic rings. The molecular formula is C23H32N2O6S. The van der Waals surface area contributed by atoms with Gasteiger partial charge in [0.25, 0.3) is 0 Å². The van der Waals surface area contributed by atoms with E-state index in [-0.39, 0.29) is 18.1 Å². The van der Waals surface area contributed by atoms with E-state index >= 15 is 0 Å². The fraction of sp³-hybridized carbons (Fsp3) is 0.565. The van der Waals surface area contributed by atoms with E-state index in [9.17, 15) is 19.2 Å². The zero-order valence-electron chi connectivity index (χ0n) is 19.5. The average molecular weight is 465 g/mol. The van der Waals surface area contributed by atoms with E-state index in [1.807, 2.05) is 30.3 Å². The molecule has 1 aliphatic rings. The molecule has 9 heteroatoms. The molecule has 1 saturated heterocycles. The smallest absolute Gasteiger partial charge is 0.408 e. The number of β-lactam (4-membered cyclic amide) rings is 1. The number of nitrogens with zero attached hydrogens (tertiary/aromatic N) is 1. The summed E-state index contributed by atoms with van der Waals surface area (Å²) in [5.74, 6) is -0.952. The Kier molecular flexibility index (Phi) is 8.34. The van der Waals surface area contributed by atoms with Gasteiger partial charge in [-0.05, 0) is 60.1 Å². The van der Waals surface area contributed by atoms with Gasteiger partial charge in [-0.25, -0.2) is 4.79 Å². The van der Waals surface area contributed by atoms with Crippen molar-refractivity contribution in [1.29, 1.82) is 0 Å². The molecule has 0 radical (unpaired) electrons. The molecule has 176 valence electrons. The number of carbonyl (C=O) groups is 4. The van der Waals surface area contributed by atoms with Crippen LogP contribution in [-0.2, 0) is 23.9 Å². The van der Waals surface area contributed by atoms with Crippen molar-refractivity contribution in [3.05, 3.63) is 30.3 Å². The lowest BCUT2D eigenvalue weighted by Gasteiger charge is -2.46. The minimum absolute atomic E-state index is 0.0659. The van der Waals surface area contributed by atoms with E-state index in [0.29, 0.717) is 6.42 Å². The van der Waals surface area contributed by atoms with Crippen molar-refractivity contribution >= 4 is 34.8 Å². The number of hydrogen-bond donors (Lipinski definition) is 1. The predicted octanol–water partition coefficient (Wildman–Crippen LogP) is 3.53. The number of hydrogen-bond acceptors (Lipinski definition) is 7. The molecule has 0 bridgehead atoms. The first-order valence-corrected chi connectivity index (χ1v) is 11.3. The summed E-state index contributed by atoms with van der Waals surface area (Å²) < 4.78 is 10.6. The standard InChI is InChI=1S/C23H32N2O6S/c1-22(2,3)30-17(26)14-25-16(12-13-18(27)32-15-10-8-7-9-11-15)19(20(25)28)24-21(29)31-23(4,5)6/h7-11,16,19H,12-14H2,1-6H3,(H,24,29)/t16-,19?/m1/s1. The lowest BCUT2D eigenvalue weighted by Crippen LogP contribution is -2.71. The first-order chi connectivity index (χ1) is 14.7. The quantitative estimate of drug-likeness (QED) is 0.374. The number of thioether (sulfide) groups is 1. The maximum atomic E-state index is 12.7. The maximum Gasteiger partial charge on any atom is 0.408 e. The Morgan fingerprint density at radius 1 is 1.00 bits per heavy atom. The van der Waals surface area contributed by atoms with Crippen LogP contribution in [-0.4, -0.2) is 57.8 Å². The maximum absolute atomic E-state index is 12.7. The topological polar surface area (TPSA) is 102 Å². The molecule has 1 aromatic carbocycles. The fourth-order valence-electron chi connectivity index (χ4n) is 3.16. The number of esters is 1. The molecule has 2 rings (SSSR count). The molecule has 0 aromatic heterocycles. The lowest BCUT2D eigenvalue weighted by molar-refractivity contribution is -0.167. The summed E-state index contributed by atoms with van der Waals surface area (Å²) >= 11 is 1.12. The van der Waals surface area contributed by atoms with Gasteiger partial charge in [0.1, 0.15) is 23.8 Å². The van der Waals surface area contributed by atoms with Gasteiger partial charge in [0, 0.05) is 11.3 Å². The summed E-state index contributed by atoms with van der Waals surface area (Å²) in [7, 11) is 0. The van der Waals surface area contributed by atoms with Crippen LogP contribution in [0.2, 0.25) is 0 Å². The second-order valence-corrected chi connectivity index (χ2v) is 10.7. The van der Waals surface area contributed by atoms with Crippen LogP contribution in [0.25, 0.3) is 0 Å². The molecule has 1 heterocycles. The Labute approximate surface area is 193 Å². The predicted molar refractivity (Wildman–Crippen MR) is 121 cm³/mol. The van der Waals surface area contributed by atoms with Crippen molar-refractivity contribution in [2.75, 3.05) is 6.54 Å². The number of likely N-dealkylation sites (tertiary alicyclic amines) is 1. The summed E-state index contributed by atoms with van der Waals surface area (Å²) in [5.41, 5.74) is -1.40. The Bertz CT molecular complexity index is 804. The Hall–Kier alpha value is -2.55. The molecule has 0 aliphatic carbocycles. The van der Waals surface area contributed by atoms with Gasteiger partial charge in [-0.1, -0.05) is 30.0 Å². The Morgan fingerprint density at radius 2 is 1.59 bits per heavy atom. The van der Waals surface area contributed by atoms with Gasteiger partial charge in [-0.15, -0.1) is 0 Å². The van der Waals surface area contributed by atoms with Gasteiger partial charge < -0.3 is 19.7 Å². The van der Waals surface area contributed by atoms with E-state index in [0.717, 1.165) is 16.7 Å².